The van der Waals surface area contributed by atoms with Gasteiger partial charge in [-0.2, -0.15) is 0 Å². The first-order valence-corrected chi connectivity index (χ1v) is 10.2. The molecule has 0 saturated heterocycles. The van der Waals surface area contributed by atoms with Crippen LogP contribution in [0, 0.1) is 0 Å². The summed E-state index contributed by atoms with van der Waals surface area (Å²) in [5, 5.41) is 4.12. The van der Waals surface area contributed by atoms with Crippen LogP contribution in [-0.2, 0) is 19.4 Å². The molecule has 0 aliphatic carbocycles. The van der Waals surface area contributed by atoms with Gasteiger partial charge in [0.1, 0.15) is 10.6 Å². The van der Waals surface area contributed by atoms with Crippen LogP contribution >= 0.6 is 11.5 Å². The molecule has 2 aromatic carbocycles. The smallest absolute Gasteiger partial charge is 0.268 e. The van der Waals surface area contributed by atoms with E-state index in [-0.39, 0.29) is 11.9 Å². The zero-order valence-electron chi connectivity index (χ0n) is 16.5. The van der Waals surface area contributed by atoms with Gasteiger partial charge in [-0.3, -0.25) is 4.79 Å². The first kappa shape index (κ1) is 20.0. The SMILES string of the molecule is CCc1nnsc1C(=O)N(Cc1ccccc1)C(C)Cc1ccccc1OC. The van der Waals surface area contributed by atoms with Crippen LogP contribution in [0.25, 0.3) is 0 Å². The third kappa shape index (κ3) is 4.57. The Morgan fingerprint density at radius 3 is 2.57 bits per heavy atom. The van der Waals surface area contributed by atoms with Crippen LogP contribution in [0.2, 0.25) is 0 Å². The maximum Gasteiger partial charge on any atom is 0.268 e. The highest BCUT2D eigenvalue weighted by Gasteiger charge is 2.26. The fourth-order valence-electron chi connectivity index (χ4n) is 3.24. The third-order valence-electron chi connectivity index (χ3n) is 4.78. The number of carbonyl (C=O) groups is 1. The molecule has 0 fully saturated rings. The van der Waals surface area contributed by atoms with Gasteiger partial charge >= 0.3 is 0 Å². The number of nitrogens with zero attached hydrogens (tertiary/aromatic N) is 3. The Kier molecular flexibility index (Phi) is 6.76. The number of para-hydroxylation sites is 1. The monoisotopic (exact) mass is 395 g/mol. The number of aromatic nitrogens is 2. The summed E-state index contributed by atoms with van der Waals surface area (Å²) >= 11 is 1.18. The molecule has 5 nitrogen and oxygen atoms in total. The number of hydrogen-bond donors (Lipinski definition) is 0. The molecule has 0 aliphatic heterocycles. The summed E-state index contributed by atoms with van der Waals surface area (Å²) in [4.78, 5) is 15.9. The average Bonchev–Trinajstić information content (AvgIpc) is 3.21. The average molecular weight is 396 g/mol. The molecule has 0 spiro atoms. The predicted octanol–water partition coefficient (Wildman–Crippen LogP) is 4.38. The largest absolute Gasteiger partial charge is 0.496 e. The fraction of sp³-hybridized carbons (Fsp3) is 0.318. The van der Waals surface area contributed by atoms with Gasteiger partial charge in [0, 0.05) is 12.6 Å². The maximum absolute atomic E-state index is 13.4. The summed E-state index contributed by atoms with van der Waals surface area (Å²) in [7, 11) is 1.67. The van der Waals surface area contributed by atoms with E-state index in [2.05, 4.69) is 16.5 Å². The summed E-state index contributed by atoms with van der Waals surface area (Å²) < 4.78 is 9.49. The van der Waals surface area contributed by atoms with Crippen LogP contribution in [0.3, 0.4) is 0 Å². The number of hydrogen-bond acceptors (Lipinski definition) is 5. The summed E-state index contributed by atoms with van der Waals surface area (Å²) in [5.74, 6) is 0.827. The second kappa shape index (κ2) is 9.46. The Morgan fingerprint density at radius 2 is 1.86 bits per heavy atom. The minimum Gasteiger partial charge on any atom is -0.496 e. The molecule has 3 rings (SSSR count). The Bertz CT molecular complexity index is 911. The quantitative estimate of drug-likeness (QED) is 0.568. The number of carbonyl (C=O) groups excluding carboxylic acids is 1. The molecule has 0 radical (unpaired) electrons. The van der Waals surface area contributed by atoms with Crippen LogP contribution in [-0.4, -0.2) is 33.5 Å². The third-order valence-corrected chi connectivity index (χ3v) is 5.54. The predicted molar refractivity (Wildman–Crippen MR) is 112 cm³/mol. The van der Waals surface area contributed by atoms with E-state index in [4.69, 9.17) is 4.74 Å². The summed E-state index contributed by atoms with van der Waals surface area (Å²) in [5.41, 5.74) is 2.94. The molecular weight excluding hydrogens is 370 g/mol. The lowest BCUT2D eigenvalue weighted by Crippen LogP contribution is -2.39. The summed E-state index contributed by atoms with van der Waals surface area (Å²) in [6.45, 7) is 4.61. The van der Waals surface area contributed by atoms with Crippen LogP contribution in [0.5, 0.6) is 5.75 Å². The lowest BCUT2D eigenvalue weighted by Gasteiger charge is -2.29. The van der Waals surface area contributed by atoms with Crippen molar-refractivity contribution in [2.45, 2.75) is 39.3 Å². The highest BCUT2D eigenvalue weighted by atomic mass is 32.1. The Hall–Kier alpha value is -2.73. The molecule has 1 heterocycles. The van der Waals surface area contributed by atoms with Crippen molar-refractivity contribution in [1.29, 1.82) is 0 Å². The van der Waals surface area contributed by atoms with Gasteiger partial charge in [0.25, 0.3) is 5.91 Å². The summed E-state index contributed by atoms with van der Waals surface area (Å²) in [6, 6.07) is 18.0. The van der Waals surface area contributed by atoms with E-state index in [9.17, 15) is 4.79 Å². The van der Waals surface area contributed by atoms with E-state index in [0.717, 1.165) is 22.6 Å². The first-order chi connectivity index (χ1) is 13.6. The zero-order valence-corrected chi connectivity index (χ0v) is 17.3. The van der Waals surface area contributed by atoms with Crippen molar-refractivity contribution in [2.75, 3.05) is 7.11 Å². The molecule has 1 atom stereocenters. The number of benzene rings is 2. The van der Waals surface area contributed by atoms with E-state index < -0.39 is 0 Å². The van der Waals surface area contributed by atoms with Gasteiger partial charge in [-0.1, -0.05) is 59.9 Å². The summed E-state index contributed by atoms with van der Waals surface area (Å²) in [6.07, 6.45) is 1.40. The van der Waals surface area contributed by atoms with E-state index in [1.165, 1.54) is 11.5 Å². The van der Waals surface area contributed by atoms with Gasteiger partial charge in [-0.05, 0) is 48.5 Å². The second-order valence-corrected chi connectivity index (χ2v) is 7.44. The van der Waals surface area contributed by atoms with Crippen molar-refractivity contribution in [3.05, 3.63) is 76.3 Å². The van der Waals surface area contributed by atoms with Crippen molar-refractivity contribution < 1.29 is 9.53 Å². The first-order valence-electron chi connectivity index (χ1n) is 9.42. The standard InChI is InChI=1S/C22H25N3O2S/c1-4-19-21(28-24-23-19)22(26)25(15-17-10-6-5-7-11-17)16(2)14-18-12-8-9-13-20(18)27-3/h5-13,16H,4,14-15H2,1-3H3. The molecule has 3 aromatic rings. The van der Waals surface area contributed by atoms with Crippen LogP contribution in [0.1, 0.15) is 40.3 Å². The van der Waals surface area contributed by atoms with Crippen LogP contribution < -0.4 is 4.74 Å². The van der Waals surface area contributed by atoms with Gasteiger partial charge in [-0.15, -0.1) is 5.10 Å². The van der Waals surface area contributed by atoms with Crippen LogP contribution in [0.15, 0.2) is 54.6 Å². The number of methoxy groups -OCH3 is 1. The minimum atomic E-state index is -0.0178. The minimum absolute atomic E-state index is 0.0156. The van der Waals surface area contributed by atoms with Crippen molar-refractivity contribution in [2.24, 2.45) is 0 Å². The van der Waals surface area contributed by atoms with Gasteiger partial charge in [0.15, 0.2) is 0 Å². The van der Waals surface area contributed by atoms with E-state index in [0.29, 0.717) is 24.3 Å². The molecule has 1 unspecified atom stereocenters. The normalized spacial score (nSPS) is 11.8. The van der Waals surface area contributed by atoms with E-state index in [1.807, 2.05) is 66.4 Å². The highest BCUT2D eigenvalue weighted by molar-refractivity contribution is 7.08. The molecule has 146 valence electrons. The lowest BCUT2D eigenvalue weighted by molar-refractivity contribution is 0.0678. The molecule has 0 aliphatic rings. The number of aryl methyl sites for hydroxylation is 1. The Labute approximate surface area is 170 Å². The molecule has 28 heavy (non-hydrogen) atoms. The molecule has 1 aromatic heterocycles. The van der Waals surface area contributed by atoms with Crippen molar-refractivity contribution >= 4 is 17.4 Å². The molecule has 0 bridgehead atoms. The number of ether oxygens (including phenoxy) is 1. The Morgan fingerprint density at radius 1 is 1.14 bits per heavy atom. The number of rotatable bonds is 8. The molecule has 6 heteroatoms. The number of amides is 1. The van der Waals surface area contributed by atoms with Gasteiger partial charge in [-0.25, -0.2) is 0 Å². The van der Waals surface area contributed by atoms with Gasteiger partial charge in [0.05, 0.1) is 12.8 Å². The zero-order chi connectivity index (χ0) is 19.9. The van der Waals surface area contributed by atoms with E-state index in [1.54, 1.807) is 7.11 Å². The van der Waals surface area contributed by atoms with Crippen molar-refractivity contribution in [1.82, 2.24) is 14.5 Å². The second-order valence-electron chi connectivity index (χ2n) is 6.69. The molecular formula is C22H25N3O2S. The fourth-order valence-corrected chi connectivity index (χ4v) is 3.95. The topological polar surface area (TPSA) is 55.3 Å². The van der Waals surface area contributed by atoms with Crippen molar-refractivity contribution in [3.63, 3.8) is 0 Å². The van der Waals surface area contributed by atoms with Gasteiger partial charge < -0.3 is 9.64 Å². The maximum atomic E-state index is 13.4. The van der Waals surface area contributed by atoms with E-state index >= 15 is 0 Å². The molecule has 0 saturated carbocycles. The van der Waals surface area contributed by atoms with Gasteiger partial charge in [0.2, 0.25) is 0 Å². The highest BCUT2D eigenvalue weighted by Crippen LogP contribution is 2.24. The Balaban J connectivity index is 1.90. The molecule has 1 amide bonds. The van der Waals surface area contributed by atoms with Crippen molar-refractivity contribution in [3.8, 4) is 5.75 Å². The molecule has 0 N–H and O–H groups in total. The lowest BCUT2D eigenvalue weighted by atomic mass is 10.0. The van der Waals surface area contributed by atoms with Crippen LogP contribution in [0.4, 0.5) is 0 Å².